The van der Waals surface area contributed by atoms with Gasteiger partial charge >= 0.3 is 11.9 Å². The van der Waals surface area contributed by atoms with Gasteiger partial charge in [0.2, 0.25) is 12.7 Å². The van der Waals surface area contributed by atoms with Crippen molar-refractivity contribution in [1.82, 2.24) is 19.6 Å². The molecule has 4 aromatic rings. The summed E-state index contributed by atoms with van der Waals surface area (Å²) >= 11 is 0. The van der Waals surface area contributed by atoms with E-state index in [2.05, 4.69) is 92.7 Å². The highest BCUT2D eigenvalue weighted by molar-refractivity contribution is 5.58. The minimum Gasteiger partial charge on any atom is -0.375 e. The van der Waals surface area contributed by atoms with Crippen molar-refractivity contribution in [2.24, 2.45) is 48.6 Å². The molecule has 0 aliphatic rings. The molecule has 0 aliphatic carbocycles. The highest BCUT2D eigenvalue weighted by atomic mass is 15.4. The minimum atomic E-state index is 0.692. The average molecular weight is 545 g/mol. The lowest BCUT2D eigenvalue weighted by atomic mass is 10.1. The van der Waals surface area contributed by atoms with E-state index in [1.54, 1.807) is 22.0 Å². The molecule has 0 spiro atoms. The van der Waals surface area contributed by atoms with Crippen molar-refractivity contribution >= 4 is 34.6 Å². The number of hydrogen-bond acceptors (Lipinski definition) is 8. The van der Waals surface area contributed by atoms with E-state index in [1.165, 1.54) is 11.4 Å². The number of aromatic nitrogens is 6. The SMILES string of the molecule is Cc1cc(N(C)CCCCN(C)c2ccc(N=Nc3n(C)nc[n+]3C)c(C)c2)ccc1N=Nc1n(C)nc[n+]1C. The summed E-state index contributed by atoms with van der Waals surface area (Å²) in [4.78, 5) is 4.59. The fourth-order valence-corrected chi connectivity index (χ4v) is 4.38. The Morgan fingerprint density at radius 3 is 1.40 bits per heavy atom. The van der Waals surface area contributed by atoms with E-state index < -0.39 is 0 Å². The molecule has 2 aromatic heterocycles. The maximum atomic E-state index is 4.44. The van der Waals surface area contributed by atoms with Crippen molar-refractivity contribution < 1.29 is 9.13 Å². The van der Waals surface area contributed by atoms with Crippen LogP contribution in [0.2, 0.25) is 0 Å². The standard InChI is InChI=1S/C28H40N12/c1-21-17-23(11-13-25(21)31-33-27-37(5)19-29-39(27)7)35(3)15-9-10-16-36(4)24-12-14-26(22(2)18-24)32-34-28-38(6)20-30-40(28)8/h11-14,17-20H,9-10,15-16H2,1-8H3/q+2. The van der Waals surface area contributed by atoms with E-state index in [4.69, 9.17) is 0 Å². The molecule has 0 saturated heterocycles. The Kier molecular flexibility index (Phi) is 8.97. The van der Waals surface area contributed by atoms with Gasteiger partial charge in [0, 0.05) is 48.8 Å². The molecule has 0 radical (unpaired) electrons. The van der Waals surface area contributed by atoms with Gasteiger partial charge in [0.05, 0.1) is 28.2 Å². The first-order valence-corrected chi connectivity index (χ1v) is 13.4. The van der Waals surface area contributed by atoms with Gasteiger partial charge in [0.25, 0.3) is 0 Å². The number of unbranched alkanes of at least 4 members (excludes halogenated alkanes) is 1. The Hall–Kier alpha value is -4.48. The van der Waals surface area contributed by atoms with Gasteiger partial charge in [0.1, 0.15) is 11.4 Å². The molecule has 0 N–H and O–H groups in total. The van der Waals surface area contributed by atoms with E-state index in [0.29, 0.717) is 11.9 Å². The Labute approximate surface area is 235 Å². The van der Waals surface area contributed by atoms with Crippen LogP contribution < -0.4 is 18.9 Å². The Balaban J connectivity index is 1.26. The van der Waals surface area contributed by atoms with Crippen LogP contribution in [0.15, 0.2) is 69.5 Å². The smallest absolute Gasteiger partial charge is 0.375 e. The summed E-state index contributed by atoms with van der Waals surface area (Å²) in [6.45, 7) is 6.08. The summed E-state index contributed by atoms with van der Waals surface area (Å²) in [7, 11) is 11.8. The molecule has 4 rings (SSSR count). The van der Waals surface area contributed by atoms with Crippen LogP contribution >= 0.6 is 0 Å². The molecule has 0 bridgehead atoms. The Morgan fingerprint density at radius 2 is 1.07 bits per heavy atom. The van der Waals surface area contributed by atoms with Crippen LogP contribution in [0.25, 0.3) is 0 Å². The molecular weight excluding hydrogens is 504 g/mol. The Bertz CT molecular complexity index is 1360. The zero-order valence-corrected chi connectivity index (χ0v) is 24.8. The summed E-state index contributed by atoms with van der Waals surface area (Å²) in [6.07, 6.45) is 5.61. The number of azo groups is 2. The summed E-state index contributed by atoms with van der Waals surface area (Å²) in [5, 5.41) is 26.0. The first kappa shape index (κ1) is 28.5. The van der Waals surface area contributed by atoms with Gasteiger partial charge in [-0.05, 0) is 84.4 Å². The number of hydrogen-bond donors (Lipinski definition) is 0. The van der Waals surface area contributed by atoms with Gasteiger partial charge in [-0.2, -0.15) is 0 Å². The van der Waals surface area contributed by atoms with Gasteiger partial charge in [-0.3, -0.25) is 0 Å². The molecule has 0 amide bonds. The molecule has 0 fully saturated rings. The predicted octanol–water partition coefficient (Wildman–Crippen LogP) is 4.60. The maximum absolute atomic E-state index is 4.44. The summed E-state index contributed by atoms with van der Waals surface area (Å²) in [6, 6.07) is 12.6. The predicted molar refractivity (Wildman–Crippen MR) is 155 cm³/mol. The molecule has 2 aromatic carbocycles. The fourth-order valence-electron chi connectivity index (χ4n) is 4.38. The summed E-state index contributed by atoms with van der Waals surface area (Å²) < 4.78 is 7.08. The largest absolute Gasteiger partial charge is 0.403 e. The summed E-state index contributed by atoms with van der Waals surface area (Å²) in [5.74, 6) is 1.38. The van der Waals surface area contributed by atoms with Crippen LogP contribution in [-0.4, -0.2) is 46.7 Å². The van der Waals surface area contributed by atoms with Gasteiger partial charge in [0.15, 0.2) is 0 Å². The van der Waals surface area contributed by atoms with Crippen LogP contribution in [0.3, 0.4) is 0 Å². The van der Waals surface area contributed by atoms with Crippen molar-refractivity contribution in [3.05, 3.63) is 60.2 Å². The van der Waals surface area contributed by atoms with Crippen molar-refractivity contribution in [3.63, 3.8) is 0 Å². The Morgan fingerprint density at radius 1 is 0.675 bits per heavy atom. The molecule has 40 heavy (non-hydrogen) atoms. The number of rotatable bonds is 11. The molecule has 0 saturated carbocycles. The number of anilines is 2. The van der Waals surface area contributed by atoms with Gasteiger partial charge in [-0.15, -0.1) is 9.36 Å². The molecule has 0 aliphatic heterocycles. The highest BCUT2D eigenvalue weighted by Crippen LogP contribution is 2.27. The molecule has 0 unspecified atom stereocenters. The van der Waals surface area contributed by atoms with Crippen molar-refractivity contribution in [2.75, 3.05) is 37.0 Å². The topological polar surface area (TPSA) is 99.3 Å². The van der Waals surface area contributed by atoms with Crippen molar-refractivity contribution in [1.29, 1.82) is 0 Å². The van der Waals surface area contributed by atoms with Crippen LogP contribution in [-0.2, 0) is 28.2 Å². The molecule has 2 heterocycles. The zero-order chi connectivity index (χ0) is 28.8. The zero-order valence-electron chi connectivity index (χ0n) is 24.8. The fraction of sp³-hybridized carbons (Fsp3) is 0.429. The third kappa shape index (κ3) is 6.74. The third-order valence-corrected chi connectivity index (χ3v) is 6.98. The number of nitrogens with zero attached hydrogens (tertiary/aromatic N) is 12. The van der Waals surface area contributed by atoms with Crippen molar-refractivity contribution in [3.8, 4) is 0 Å². The highest BCUT2D eigenvalue weighted by Gasteiger charge is 2.13. The monoisotopic (exact) mass is 544 g/mol. The molecule has 210 valence electrons. The van der Waals surface area contributed by atoms with Crippen LogP contribution in [0.1, 0.15) is 24.0 Å². The van der Waals surface area contributed by atoms with E-state index in [0.717, 1.165) is 48.4 Å². The third-order valence-electron chi connectivity index (χ3n) is 6.98. The first-order valence-electron chi connectivity index (χ1n) is 13.4. The number of benzene rings is 2. The summed E-state index contributed by atoms with van der Waals surface area (Å²) in [5.41, 5.74) is 6.24. The second-order valence-electron chi connectivity index (χ2n) is 10.2. The molecule has 12 heteroatoms. The van der Waals surface area contributed by atoms with Crippen LogP contribution in [0, 0.1) is 13.8 Å². The molecular formula is C28H40N12+2. The lowest BCUT2D eigenvalue weighted by Gasteiger charge is -2.22. The van der Waals surface area contributed by atoms with Crippen LogP contribution in [0.5, 0.6) is 0 Å². The van der Waals surface area contributed by atoms with Gasteiger partial charge in [-0.1, -0.05) is 10.2 Å². The van der Waals surface area contributed by atoms with Gasteiger partial charge in [-0.25, -0.2) is 9.13 Å². The maximum Gasteiger partial charge on any atom is 0.403 e. The lowest BCUT2D eigenvalue weighted by molar-refractivity contribution is -0.659. The van der Waals surface area contributed by atoms with E-state index >= 15 is 0 Å². The second kappa shape index (κ2) is 12.6. The molecule has 0 atom stereocenters. The number of aryl methyl sites for hydroxylation is 6. The first-order chi connectivity index (χ1) is 19.1. The quantitative estimate of drug-likeness (QED) is 0.156. The van der Waals surface area contributed by atoms with E-state index in [9.17, 15) is 0 Å². The van der Waals surface area contributed by atoms with E-state index in [1.807, 2.05) is 49.5 Å². The molecule has 12 nitrogen and oxygen atoms in total. The normalized spacial score (nSPS) is 11.7. The van der Waals surface area contributed by atoms with E-state index in [-0.39, 0.29) is 0 Å². The minimum absolute atomic E-state index is 0.692. The van der Waals surface area contributed by atoms with Crippen molar-refractivity contribution in [2.45, 2.75) is 26.7 Å². The second-order valence-corrected chi connectivity index (χ2v) is 10.2. The lowest BCUT2D eigenvalue weighted by Crippen LogP contribution is -2.25. The van der Waals surface area contributed by atoms with Gasteiger partial charge < -0.3 is 9.80 Å². The average Bonchev–Trinajstić information content (AvgIpc) is 3.43. The van der Waals surface area contributed by atoms with Crippen LogP contribution in [0.4, 0.5) is 34.6 Å².